The topological polar surface area (TPSA) is 128 Å². The van der Waals surface area contributed by atoms with Crippen LogP contribution in [0.1, 0.15) is 12.0 Å². The van der Waals surface area contributed by atoms with Crippen molar-refractivity contribution in [2.75, 3.05) is 19.4 Å². The number of carbonyl (C=O) groups excluding carboxylic acids is 3. The molecule has 1 saturated heterocycles. The Morgan fingerprint density at radius 1 is 1.31 bits per heavy atom. The first-order chi connectivity index (χ1) is 13.9. The number of esters is 1. The van der Waals surface area contributed by atoms with Crippen LogP contribution in [-0.4, -0.2) is 59.3 Å². The van der Waals surface area contributed by atoms with Gasteiger partial charge in [0.15, 0.2) is 6.04 Å². The molecule has 2 atom stereocenters. The van der Waals surface area contributed by atoms with E-state index in [-0.39, 0.29) is 30.9 Å². The lowest BCUT2D eigenvalue weighted by Gasteiger charge is -2.38. The van der Waals surface area contributed by atoms with Crippen molar-refractivity contribution >= 4 is 35.4 Å². The Bertz CT molecular complexity index is 856. The number of benzene rings is 1. The van der Waals surface area contributed by atoms with Gasteiger partial charge in [0, 0.05) is 29.8 Å². The number of rotatable bonds is 8. The van der Waals surface area contributed by atoms with Crippen LogP contribution in [0.2, 0.25) is 0 Å². The molecule has 1 unspecified atom stereocenters. The van der Waals surface area contributed by atoms with Gasteiger partial charge in [-0.05, 0) is 23.8 Å². The van der Waals surface area contributed by atoms with E-state index >= 15 is 0 Å². The monoisotopic (exact) mass is 421 g/mol. The zero-order valence-corrected chi connectivity index (χ0v) is 16.3. The van der Waals surface area contributed by atoms with Gasteiger partial charge in [-0.1, -0.05) is 0 Å². The quantitative estimate of drug-likeness (QED) is 0.220. The highest BCUT2D eigenvalue weighted by Gasteiger charge is 2.50. The van der Waals surface area contributed by atoms with Crippen LogP contribution < -0.4 is 5.32 Å². The van der Waals surface area contributed by atoms with Crippen LogP contribution >= 0.6 is 11.8 Å². The molecular formula is C18H19N3O7S. The molecule has 2 amide bonds. The minimum Gasteiger partial charge on any atom is -0.459 e. The normalized spacial score (nSPS) is 19.7. The molecule has 0 bridgehead atoms. The Kier molecular flexibility index (Phi) is 6.37. The largest absolute Gasteiger partial charge is 0.459 e. The molecule has 3 rings (SSSR count). The molecule has 2 aliphatic heterocycles. The van der Waals surface area contributed by atoms with Crippen LogP contribution in [0.25, 0.3) is 0 Å². The lowest BCUT2D eigenvalue weighted by Crippen LogP contribution is -2.55. The number of ether oxygens (including phenoxy) is 2. The number of non-ortho nitro benzene ring substituents is 1. The number of nitrogens with one attached hydrogen (secondary N) is 1. The SMILES string of the molecule is CNC(=O)OCCSC1=CC2CC(=O)N2[C@H]1C(=O)OCc1ccc([N+](=O)[O-])cc1. The van der Waals surface area contributed by atoms with Gasteiger partial charge in [0.25, 0.3) is 5.69 Å². The molecule has 10 nitrogen and oxygen atoms in total. The summed E-state index contributed by atoms with van der Waals surface area (Å²) in [5, 5.41) is 13.0. The predicted octanol–water partition coefficient (Wildman–Crippen LogP) is 1.59. The molecule has 0 spiro atoms. The Balaban J connectivity index is 1.57. The zero-order valence-electron chi connectivity index (χ0n) is 15.5. The van der Waals surface area contributed by atoms with E-state index in [1.54, 1.807) is 0 Å². The Morgan fingerprint density at radius 3 is 2.66 bits per heavy atom. The fourth-order valence-corrected chi connectivity index (χ4v) is 4.04. The smallest absolute Gasteiger partial charge is 0.406 e. The van der Waals surface area contributed by atoms with Gasteiger partial charge in [0.1, 0.15) is 13.2 Å². The summed E-state index contributed by atoms with van der Waals surface area (Å²) in [6.45, 7) is 0.0998. The van der Waals surface area contributed by atoms with E-state index in [4.69, 9.17) is 9.47 Å². The van der Waals surface area contributed by atoms with E-state index in [1.165, 1.54) is 48.0 Å². The summed E-state index contributed by atoms with van der Waals surface area (Å²) in [5.74, 6) is -0.259. The lowest BCUT2D eigenvalue weighted by atomic mass is 10.0. The summed E-state index contributed by atoms with van der Waals surface area (Å²) < 4.78 is 10.3. The Hall–Kier alpha value is -3.08. The fraction of sp³-hybridized carbons (Fsp3) is 0.389. The number of fused-ring (bicyclic) bond motifs is 1. The molecule has 1 aromatic rings. The first kappa shape index (κ1) is 20.6. The number of nitro benzene ring substituents is 1. The first-order valence-electron chi connectivity index (χ1n) is 8.81. The number of nitrogens with zero attached hydrogens (tertiary/aromatic N) is 2. The second-order valence-corrected chi connectivity index (χ2v) is 7.48. The van der Waals surface area contributed by atoms with Crippen LogP contribution in [0.4, 0.5) is 10.5 Å². The maximum atomic E-state index is 12.7. The Labute approximate surface area is 170 Å². The standard InChI is InChI=1S/C18H19N3O7S/c1-19-18(24)27-6-7-29-14-8-13-9-15(22)20(13)16(14)17(23)28-10-11-2-4-12(5-3-11)21(25)26/h2-5,8,13,16H,6-7,9-10H2,1H3,(H,19,24)/t13?,16-/m1/s1. The summed E-state index contributed by atoms with van der Waals surface area (Å²) in [4.78, 5) is 48.1. The van der Waals surface area contributed by atoms with Gasteiger partial charge in [0.2, 0.25) is 5.91 Å². The minimum absolute atomic E-state index is 0.0505. The molecule has 0 radical (unpaired) electrons. The number of hydrogen-bond acceptors (Lipinski definition) is 8. The predicted molar refractivity (Wildman–Crippen MR) is 103 cm³/mol. The van der Waals surface area contributed by atoms with Crippen LogP contribution in [0.15, 0.2) is 35.2 Å². The van der Waals surface area contributed by atoms with E-state index in [9.17, 15) is 24.5 Å². The Morgan fingerprint density at radius 2 is 2.03 bits per heavy atom. The molecule has 29 heavy (non-hydrogen) atoms. The summed E-state index contributed by atoms with van der Waals surface area (Å²) in [7, 11) is 1.46. The van der Waals surface area contributed by atoms with Crippen molar-refractivity contribution in [2.24, 2.45) is 0 Å². The summed E-state index contributed by atoms with van der Waals surface area (Å²) >= 11 is 1.34. The van der Waals surface area contributed by atoms with Crippen molar-refractivity contribution in [3.63, 3.8) is 0 Å². The zero-order chi connectivity index (χ0) is 21.0. The van der Waals surface area contributed by atoms with Crippen molar-refractivity contribution < 1.29 is 28.8 Å². The van der Waals surface area contributed by atoms with Crippen molar-refractivity contribution in [3.8, 4) is 0 Å². The second kappa shape index (κ2) is 8.95. The van der Waals surface area contributed by atoms with Crippen molar-refractivity contribution in [2.45, 2.75) is 25.1 Å². The van der Waals surface area contributed by atoms with Gasteiger partial charge in [-0.15, -0.1) is 11.8 Å². The molecule has 11 heteroatoms. The minimum atomic E-state index is -0.815. The average Bonchev–Trinajstić information content (AvgIpc) is 3.01. The highest BCUT2D eigenvalue weighted by atomic mass is 32.2. The van der Waals surface area contributed by atoms with Crippen LogP contribution in [0, 0.1) is 10.1 Å². The van der Waals surface area contributed by atoms with E-state index in [0.717, 1.165) is 0 Å². The first-order valence-corrected chi connectivity index (χ1v) is 9.79. The maximum Gasteiger partial charge on any atom is 0.406 e. The summed E-state index contributed by atoms with van der Waals surface area (Å²) in [6, 6.07) is 4.76. The number of amides is 2. The third-order valence-electron chi connectivity index (χ3n) is 4.47. The fourth-order valence-electron chi connectivity index (χ4n) is 3.02. The van der Waals surface area contributed by atoms with Crippen LogP contribution in [0.5, 0.6) is 0 Å². The van der Waals surface area contributed by atoms with Gasteiger partial charge in [-0.3, -0.25) is 14.9 Å². The second-order valence-electron chi connectivity index (χ2n) is 6.31. The molecular weight excluding hydrogens is 402 g/mol. The van der Waals surface area contributed by atoms with E-state index in [0.29, 0.717) is 22.6 Å². The van der Waals surface area contributed by atoms with E-state index < -0.39 is 23.0 Å². The molecule has 0 saturated carbocycles. The van der Waals surface area contributed by atoms with Crippen molar-refractivity contribution in [1.29, 1.82) is 0 Å². The van der Waals surface area contributed by atoms with Gasteiger partial charge < -0.3 is 19.7 Å². The van der Waals surface area contributed by atoms with E-state index in [2.05, 4.69) is 5.32 Å². The van der Waals surface area contributed by atoms with Crippen LogP contribution in [0.3, 0.4) is 0 Å². The van der Waals surface area contributed by atoms with Gasteiger partial charge >= 0.3 is 12.1 Å². The molecule has 1 N–H and O–H groups in total. The number of thioether (sulfide) groups is 1. The van der Waals surface area contributed by atoms with Gasteiger partial charge in [-0.2, -0.15) is 0 Å². The third-order valence-corrected chi connectivity index (χ3v) is 5.54. The molecule has 1 aromatic carbocycles. The molecule has 2 aliphatic rings. The number of β-lactam (4-membered cyclic amide) rings is 1. The highest BCUT2D eigenvalue weighted by Crippen LogP contribution is 2.39. The average molecular weight is 421 g/mol. The summed E-state index contributed by atoms with van der Waals surface area (Å²) in [5.41, 5.74) is 0.552. The van der Waals surface area contributed by atoms with Gasteiger partial charge in [-0.25, -0.2) is 9.59 Å². The van der Waals surface area contributed by atoms with Crippen molar-refractivity contribution in [3.05, 3.63) is 50.9 Å². The summed E-state index contributed by atoms with van der Waals surface area (Å²) in [6.07, 6.45) is 1.68. The third kappa shape index (κ3) is 4.67. The molecule has 0 aliphatic carbocycles. The maximum absolute atomic E-state index is 12.7. The lowest BCUT2D eigenvalue weighted by molar-refractivity contribution is -0.384. The molecule has 154 valence electrons. The van der Waals surface area contributed by atoms with Gasteiger partial charge in [0.05, 0.1) is 17.4 Å². The molecule has 0 aromatic heterocycles. The number of hydrogen-bond donors (Lipinski definition) is 1. The van der Waals surface area contributed by atoms with Crippen molar-refractivity contribution in [1.82, 2.24) is 10.2 Å². The molecule has 1 fully saturated rings. The number of nitro groups is 1. The van der Waals surface area contributed by atoms with E-state index in [1.807, 2.05) is 6.08 Å². The molecule has 2 heterocycles. The number of carbonyl (C=O) groups is 3. The van der Waals surface area contributed by atoms with Crippen LogP contribution in [-0.2, 0) is 25.7 Å². The number of alkyl carbamates (subject to hydrolysis) is 1. The highest BCUT2D eigenvalue weighted by molar-refractivity contribution is 8.03.